The van der Waals surface area contributed by atoms with Crippen molar-refractivity contribution in [3.05, 3.63) is 0 Å². The van der Waals surface area contributed by atoms with Crippen LogP contribution in [0.2, 0.25) is 0 Å². The molecule has 1 rings (SSSR count). The summed E-state index contributed by atoms with van der Waals surface area (Å²) in [6, 6.07) is 0. The van der Waals surface area contributed by atoms with Gasteiger partial charge in [0, 0.05) is 17.0 Å². The first kappa shape index (κ1) is 5.82. The third-order valence-corrected chi connectivity index (χ3v) is 2.48. The Balaban J connectivity index is 2.14. The Morgan fingerprint density at radius 1 is 1.71 bits per heavy atom. The first-order valence-corrected chi connectivity index (χ1v) is 3.90. The number of halogens is 1. The lowest BCUT2D eigenvalue weighted by atomic mass is 10.0. The van der Waals surface area contributed by atoms with Gasteiger partial charge in [0.15, 0.2) is 0 Å². The van der Waals surface area contributed by atoms with E-state index in [-0.39, 0.29) is 0 Å². The van der Waals surface area contributed by atoms with Gasteiger partial charge in [-0.2, -0.15) is 0 Å². The van der Waals surface area contributed by atoms with Gasteiger partial charge in [0.25, 0.3) is 0 Å². The van der Waals surface area contributed by atoms with Crippen LogP contribution in [0.4, 0.5) is 0 Å². The van der Waals surface area contributed by atoms with Gasteiger partial charge in [-0.3, -0.25) is 0 Å². The highest BCUT2D eigenvalue weighted by Crippen LogP contribution is 2.15. The molecular formula is C5H10IN. The summed E-state index contributed by atoms with van der Waals surface area (Å²) in [5.74, 6) is 0.959. The summed E-state index contributed by atoms with van der Waals surface area (Å²) < 4.78 is 0.860. The Labute approximate surface area is 58.0 Å². The molecule has 0 bridgehead atoms. The third-order valence-electron chi connectivity index (χ3n) is 1.46. The zero-order valence-electron chi connectivity index (χ0n) is 4.45. The van der Waals surface area contributed by atoms with Crippen LogP contribution < -0.4 is 5.32 Å². The highest BCUT2D eigenvalue weighted by Gasteiger charge is 2.20. The first-order chi connectivity index (χ1) is 3.30. The van der Waals surface area contributed by atoms with Gasteiger partial charge in [0.05, 0.1) is 0 Å². The Hall–Kier alpha value is 0.690. The van der Waals surface area contributed by atoms with E-state index in [4.69, 9.17) is 0 Å². The van der Waals surface area contributed by atoms with Crippen molar-refractivity contribution in [3.8, 4) is 0 Å². The van der Waals surface area contributed by atoms with Crippen LogP contribution in [0.1, 0.15) is 6.92 Å². The van der Waals surface area contributed by atoms with Crippen molar-refractivity contribution >= 4 is 22.6 Å². The summed E-state index contributed by atoms with van der Waals surface area (Å²) in [6.07, 6.45) is 0. The normalized spacial score (nSPS) is 26.6. The van der Waals surface area contributed by atoms with Crippen molar-refractivity contribution in [2.24, 2.45) is 5.92 Å². The molecule has 1 saturated heterocycles. The summed E-state index contributed by atoms with van der Waals surface area (Å²) in [6.45, 7) is 4.75. The molecule has 1 unspecified atom stereocenters. The van der Waals surface area contributed by atoms with E-state index in [1.807, 2.05) is 0 Å². The number of alkyl halides is 1. The smallest absolute Gasteiger partial charge is 0.0134 e. The van der Waals surface area contributed by atoms with Crippen molar-refractivity contribution in [2.45, 2.75) is 10.8 Å². The number of hydrogen-bond acceptors (Lipinski definition) is 1. The van der Waals surface area contributed by atoms with Crippen molar-refractivity contribution in [2.75, 3.05) is 13.1 Å². The van der Waals surface area contributed by atoms with Crippen molar-refractivity contribution in [1.29, 1.82) is 0 Å². The number of rotatable bonds is 1. The molecule has 0 spiro atoms. The van der Waals surface area contributed by atoms with Crippen LogP contribution in [0.5, 0.6) is 0 Å². The zero-order valence-corrected chi connectivity index (χ0v) is 6.60. The Morgan fingerprint density at radius 2 is 2.29 bits per heavy atom. The predicted molar refractivity (Wildman–Crippen MR) is 39.8 cm³/mol. The second-order valence-corrected chi connectivity index (χ2v) is 4.06. The fourth-order valence-corrected chi connectivity index (χ4v) is 1.14. The highest BCUT2D eigenvalue weighted by atomic mass is 127. The summed E-state index contributed by atoms with van der Waals surface area (Å²) in [5, 5.41) is 3.24. The quantitative estimate of drug-likeness (QED) is 0.504. The van der Waals surface area contributed by atoms with Crippen LogP contribution in [0, 0.1) is 5.92 Å². The molecule has 0 radical (unpaired) electrons. The van der Waals surface area contributed by atoms with E-state index >= 15 is 0 Å². The Bertz CT molecular complexity index is 59.1. The van der Waals surface area contributed by atoms with Crippen LogP contribution in [0.15, 0.2) is 0 Å². The van der Waals surface area contributed by atoms with Gasteiger partial charge in [0.2, 0.25) is 0 Å². The molecule has 0 aromatic rings. The fraction of sp³-hybridized carbons (Fsp3) is 1.00. The van der Waals surface area contributed by atoms with Gasteiger partial charge >= 0.3 is 0 Å². The first-order valence-electron chi connectivity index (χ1n) is 2.65. The topological polar surface area (TPSA) is 12.0 Å². The molecule has 1 aliphatic heterocycles. The minimum Gasteiger partial charge on any atom is -0.316 e. The summed E-state index contributed by atoms with van der Waals surface area (Å²) in [4.78, 5) is 0. The molecule has 0 amide bonds. The predicted octanol–water partition coefficient (Wildman–Crippen LogP) is 1.03. The maximum atomic E-state index is 3.24. The van der Waals surface area contributed by atoms with Gasteiger partial charge in [-0.05, 0) is 5.92 Å². The molecule has 1 N–H and O–H groups in total. The lowest BCUT2D eigenvalue weighted by Gasteiger charge is -2.29. The van der Waals surface area contributed by atoms with Gasteiger partial charge < -0.3 is 5.32 Å². The number of nitrogens with one attached hydrogen (secondary N) is 1. The van der Waals surface area contributed by atoms with E-state index < -0.39 is 0 Å². The summed E-state index contributed by atoms with van der Waals surface area (Å²) in [5.41, 5.74) is 0. The largest absolute Gasteiger partial charge is 0.316 e. The van der Waals surface area contributed by atoms with Crippen LogP contribution in [0.25, 0.3) is 0 Å². The second-order valence-electron chi connectivity index (χ2n) is 2.10. The van der Waals surface area contributed by atoms with E-state index in [2.05, 4.69) is 34.8 Å². The molecule has 0 saturated carbocycles. The molecule has 1 aliphatic rings. The van der Waals surface area contributed by atoms with Gasteiger partial charge in [0.1, 0.15) is 0 Å². The standard InChI is InChI=1S/C5H10IN/c1-4(6)5-2-7-3-5/h4-5,7H,2-3H2,1H3. The fourth-order valence-electron chi connectivity index (χ4n) is 0.636. The minimum absolute atomic E-state index is 0.860. The molecule has 0 aromatic heterocycles. The molecule has 0 aliphatic carbocycles. The average molecular weight is 211 g/mol. The van der Waals surface area contributed by atoms with Gasteiger partial charge in [-0.1, -0.05) is 29.5 Å². The molecule has 42 valence electrons. The highest BCUT2D eigenvalue weighted by molar-refractivity contribution is 14.1. The monoisotopic (exact) mass is 211 g/mol. The van der Waals surface area contributed by atoms with Crippen molar-refractivity contribution in [1.82, 2.24) is 5.32 Å². The zero-order chi connectivity index (χ0) is 5.28. The van der Waals surface area contributed by atoms with Gasteiger partial charge in [-0.15, -0.1) is 0 Å². The number of hydrogen-bond donors (Lipinski definition) is 1. The van der Waals surface area contributed by atoms with E-state index in [9.17, 15) is 0 Å². The van der Waals surface area contributed by atoms with Crippen LogP contribution in [-0.4, -0.2) is 17.0 Å². The maximum Gasteiger partial charge on any atom is 0.0134 e. The van der Waals surface area contributed by atoms with Crippen LogP contribution in [-0.2, 0) is 0 Å². The minimum atomic E-state index is 0.860. The van der Waals surface area contributed by atoms with Gasteiger partial charge in [-0.25, -0.2) is 0 Å². The molecule has 1 fully saturated rings. The average Bonchev–Trinajstić information content (AvgIpc) is 1.23. The molecule has 1 atom stereocenters. The molecule has 1 heterocycles. The maximum absolute atomic E-state index is 3.24. The molecule has 1 nitrogen and oxygen atoms in total. The molecule has 7 heavy (non-hydrogen) atoms. The van der Waals surface area contributed by atoms with E-state index in [1.54, 1.807) is 0 Å². The van der Waals surface area contributed by atoms with Crippen LogP contribution >= 0.6 is 22.6 Å². The Kier molecular flexibility index (Phi) is 1.92. The second kappa shape index (κ2) is 2.31. The lowest BCUT2D eigenvalue weighted by Crippen LogP contribution is -2.45. The Morgan fingerprint density at radius 3 is 2.29 bits per heavy atom. The van der Waals surface area contributed by atoms with E-state index in [0.717, 1.165) is 9.84 Å². The summed E-state index contributed by atoms with van der Waals surface area (Å²) in [7, 11) is 0. The van der Waals surface area contributed by atoms with Crippen LogP contribution in [0.3, 0.4) is 0 Å². The third kappa shape index (κ3) is 1.29. The SMILES string of the molecule is CC(I)C1CNC1. The summed E-state index contributed by atoms with van der Waals surface area (Å²) >= 11 is 2.48. The van der Waals surface area contributed by atoms with Crippen molar-refractivity contribution in [3.63, 3.8) is 0 Å². The molecule has 0 aromatic carbocycles. The molecular weight excluding hydrogens is 201 g/mol. The van der Waals surface area contributed by atoms with E-state index in [0.29, 0.717) is 0 Å². The molecule has 2 heteroatoms. The van der Waals surface area contributed by atoms with E-state index in [1.165, 1.54) is 13.1 Å². The lowest BCUT2D eigenvalue weighted by molar-refractivity contribution is 0.354. The van der Waals surface area contributed by atoms with Crippen molar-refractivity contribution < 1.29 is 0 Å².